The van der Waals surface area contributed by atoms with Crippen molar-refractivity contribution in [2.24, 2.45) is 0 Å². The van der Waals surface area contributed by atoms with E-state index in [1.54, 1.807) is 20.8 Å². The van der Waals surface area contributed by atoms with Crippen LogP contribution in [0.2, 0.25) is 0 Å². The van der Waals surface area contributed by atoms with Crippen molar-refractivity contribution < 1.29 is 27.5 Å². The van der Waals surface area contributed by atoms with Crippen LogP contribution in [-0.4, -0.2) is 33.4 Å². The molecule has 0 aliphatic carbocycles. The second-order valence-corrected chi connectivity index (χ2v) is 7.50. The number of nitrogens with one attached hydrogen (secondary N) is 2. The van der Waals surface area contributed by atoms with E-state index in [4.69, 9.17) is 4.74 Å². The summed E-state index contributed by atoms with van der Waals surface area (Å²) in [4.78, 5) is 37.3. The summed E-state index contributed by atoms with van der Waals surface area (Å²) in [6.45, 7) is 5.17. The van der Waals surface area contributed by atoms with E-state index in [0.29, 0.717) is 21.4 Å². The Morgan fingerprint density at radius 2 is 1.91 bits per heavy atom. The van der Waals surface area contributed by atoms with Crippen LogP contribution in [0.5, 0.6) is 0 Å². The summed E-state index contributed by atoms with van der Waals surface area (Å²) >= 11 is 1.08. The van der Waals surface area contributed by atoms with E-state index in [-0.39, 0.29) is 23.8 Å². The standard InChI is InChI=1S/C20H18F3N5O3S/c1-4-31-17(30)15-11(3)26-19(32-15)28-18-24-9-14(10(2)25-18)16(29)27-13-7-5-6-12(8-13)20(21,22)23/h5-9H,4H2,1-3H3,(H,27,29)(H,24,25,26,28). The van der Waals surface area contributed by atoms with Crippen LogP contribution in [0.15, 0.2) is 30.5 Å². The number of carbonyl (C=O) groups is 2. The van der Waals surface area contributed by atoms with Gasteiger partial charge < -0.3 is 15.4 Å². The molecule has 0 saturated carbocycles. The largest absolute Gasteiger partial charge is 0.462 e. The normalized spacial score (nSPS) is 11.2. The van der Waals surface area contributed by atoms with Crippen LogP contribution in [0.4, 0.5) is 29.9 Å². The quantitative estimate of drug-likeness (QED) is 0.507. The fraction of sp³-hybridized carbons (Fsp3) is 0.250. The molecule has 0 aliphatic heterocycles. The first kappa shape index (κ1) is 23.1. The molecular weight excluding hydrogens is 447 g/mol. The monoisotopic (exact) mass is 465 g/mol. The molecule has 2 N–H and O–H groups in total. The van der Waals surface area contributed by atoms with Crippen LogP contribution in [0.25, 0.3) is 0 Å². The first-order valence-electron chi connectivity index (χ1n) is 9.32. The van der Waals surface area contributed by atoms with E-state index in [2.05, 4.69) is 25.6 Å². The number of esters is 1. The number of carbonyl (C=O) groups excluding carboxylic acids is 2. The smallest absolute Gasteiger partial charge is 0.416 e. The zero-order valence-electron chi connectivity index (χ0n) is 17.2. The van der Waals surface area contributed by atoms with Gasteiger partial charge in [-0.25, -0.2) is 19.7 Å². The number of anilines is 3. The minimum atomic E-state index is -4.52. The molecule has 1 amide bonds. The number of hydrogen-bond donors (Lipinski definition) is 2. The Kier molecular flexibility index (Phi) is 6.72. The maximum atomic E-state index is 12.9. The lowest BCUT2D eigenvalue weighted by Gasteiger charge is -2.11. The molecule has 0 unspecified atom stereocenters. The Morgan fingerprint density at radius 1 is 1.16 bits per heavy atom. The number of benzene rings is 1. The number of hydrogen-bond acceptors (Lipinski definition) is 8. The predicted octanol–water partition coefficient (Wildman–Crippen LogP) is 4.74. The summed E-state index contributed by atoms with van der Waals surface area (Å²) < 4.78 is 43.5. The Hall–Kier alpha value is -3.54. The van der Waals surface area contributed by atoms with E-state index in [1.807, 2.05) is 0 Å². The maximum Gasteiger partial charge on any atom is 0.416 e. The van der Waals surface area contributed by atoms with Crippen molar-refractivity contribution in [3.63, 3.8) is 0 Å². The first-order valence-corrected chi connectivity index (χ1v) is 10.1. The second kappa shape index (κ2) is 9.30. The molecule has 1 aromatic carbocycles. The molecule has 0 aliphatic rings. The summed E-state index contributed by atoms with van der Waals surface area (Å²) in [5, 5.41) is 5.65. The van der Waals surface area contributed by atoms with E-state index in [9.17, 15) is 22.8 Å². The molecule has 32 heavy (non-hydrogen) atoms. The van der Waals surface area contributed by atoms with E-state index < -0.39 is 23.6 Å². The minimum absolute atomic E-state index is 0.00354. The van der Waals surface area contributed by atoms with Gasteiger partial charge in [0.2, 0.25) is 5.95 Å². The van der Waals surface area contributed by atoms with Crippen molar-refractivity contribution in [3.05, 3.63) is 57.9 Å². The average Bonchev–Trinajstić information content (AvgIpc) is 3.08. The molecule has 8 nitrogen and oxygen atoms in total. The molecule has 0 bridgehead atoms. The second-order valence-electron chi connectivity index (χ2n) is 6.50. The first-order chi connectivity index (χ1) is 15.1. The molecule has 12 heteroatoms. The Morgan fingerprint density at radius 3 is 2.56 bits per heavy atom. The lowest BCUT2D eigenvalue weighted by atomic mass is 10.1. The number of nitrogens with zero attached hydrogens (tertiary/aromatic N) is 3. The van der Waals surface area contributed by atoms with Gasteiger partial charge in [0.05, 0.1) is 29.1 Å². The van der Waals surface area contributed by atoms with Crippen LogP contribution in [0.3, 0.4) is 0 Å². The van der Waals surface area contributed by atoms with Crippen LogP contribution in [-0.2, 0) is 10.9 Å². The van der Waals surface area contributed by atoms with E-state index >= 15 is 0 Å². The molecule has 0 atom stereocenters. The highest BCUT2D eigenvalue weighted by molar-refractivity contribution is 7.17. The van der Waals surface area contributed by atoms with Gasteiger partial charge in [0.25, 0.3) is 5.91 Å². The number of thiazole rings is 1. The van der Waals surface area contributed by atoms with Gasteiger partial charge in [0.15, 0.2) is 5.13 Å². The molecule has 2 aromatic heterocycles. The van der Waals surface area contributed by atoms with E-state index in [0.717, 1.165) is 23.5 Å². The summed E-state index contributed by atoms with van der Waals surface area (Å²) in [5.74, 6) is -0.986. The van der Waals surface area contributed by atoms with Crippen LogP contribution < -0.4 is 10.6 Å². The highest BCUT2D eigenvalue weighted by Crippen LogP contribution is 2.31. The Bertz CT molecular complexity index is 1160. The highest BCUT2D eigenvalue weighted by atomic mass is 32.1. The van der Waals surface area contributed by atoms with Crippen LogP contribution >= 0.6 is 11.3 Å². The lowest BCUT2D eigenvalue weighted by Crippen LogP contribution is -2.16. The SMILES string of the molecule is CCOC(=O)c1sc(Nc2ncc(C(=O)Nc3cccc(C(F)(F)F)c3)c(C)n2)nc1C. The number of alkyl halides is 3. The molecule has 0 fully saturated rings. The zero-order valence-corrected chi connectivity index (χ0v) is 18.0. The number of aryl methyl sites for hydroxylation is 2. The third kappa shape index (κ3) is 5.38. The highest BCUT2D eigenvalue weighted by Gasteiger charge is 2.30. The zero-order chi connectivity index (χ0) is 23.5. The van der Waals surface area contributed by atoms with Crippen LogP contribution in [0.1, 0.15) is 43.9 Å². The van der Waals surface area contributed by atoms with Crippen LogP contribution in [0, 0.1) is 13.8 Å². The molecule has 3 aromatic rings. The molecule has 0 saturated heterocycles. The van der Waals surface area contributed by atoms with Gasteiger partial charge in [-0.15, -0.1) is 0 Å². The summed E-state index contributed by atoms with van der Waals surface area (Å²) in [5.41, 5.74) is 0.00560. The molecule has 2 heterocycles. The average molecular weight is 465 g/mol. The van der Waals surface area contributed by atoms with Gasteiger partial charge in [0.1, 0.15) is 4.88 Å². The predicted molar refractivity (Wildman–Crippen MR) is 112 cm³/mol. The number of amides is 1. The summed E-state index contributed by atoms with van der Waals surface area (Å²) in [6.07, 6.45) is -3.27. The van der Waals surface area contributed by atoms with Gasteiger partial charge in [-0.1, -0.05) is 17.4 Å². The summed E-state index contributed by atoms with van der Waals surface area (Å²) in [6, 6.07) is 4.31. The van der Waals surface area contributed by atoms with Gasteiger partial charge in [0, 0.05) is 11.9 Å². The van der Waals surface area contributed by atoms with Gasteiger partial charge in [-0.2, -0.15) is 13.2 Å². The number of ether oxygens (including phenoxy) is 1. The molecule has 3 rings (SSSR count). The third-order valence-corrected chi connectivity index (χ3v) is 5.20. The Labute approximate surface area is 184 Å². The molecule has 168 valence electrons. The fourth-order valence-electron chi connectivity index (χ4n) is 2.65. The number of rotatable bonds is 6. The third-order valence-electron chi connectivity index (χ3n) is 4.15. The van der Waals surface area contributed by atoms with Gasteiger partial charge in [-0.3, -0.25) is 4.79 Å². The topological polar surface area (TPSA) is 106 Å². The molecule has 0 spiro atoms. The number of halogens is 3. The van der Waals surface area contributed by atoms with Crippen molar-refractivity contribution in [2.45, 2.75) is 26.9 Å². The van der Waals surface area contributed by atoms with Crippen molar-refractivity contribution in [2.75, 3.05) is 17.2 Å². The van der Waals surface area contributed by atoms with Crippen molar-refractivity contribution in [1.29, 1.82) is 0 Å². The maximum absolute atomic E-state index is 12.9. The van der Waals surface area contributed by atoms with Crippen molar-refractivity contribution >= 4 is 40.0 Å². The summed E-state index contributed by atoms with van der Waals surface area (Å²) in [7, 11) is 0. The fourth-order valence-corrected chi connectivity index (χ4v) is 3.51. The lowest BCUT2D eigenvalue weighted by molar-refractivity contribution is -0.137. The van der Waals surface area contributed by atoms with Gasteiger partial charge >= 0.3 is 12.1 Å². The number of aromatic nitrogens is 3. The molecular formula is C20H18F3N5O3S. The van der Waals surface area contributed by atoms with Crippen molar-refractivity contribution in [3.8, 4) is 0 Å². The van der Waals surface area contributed by atoms with Gasteiger partial charge in [-0.05, 0) is 39.0 Å². The van der Waals surface area contributed by atoms with E-state index in [1.165, 1.54) is 18.3 Å². The molecule has 0 radical (unpaired) electrons. The van der Waals surface area contributed by atoms with Crippen molar-refractivity contribution in [1.82, 2.24) is 15.0 Å². The minimum Gasteiger partial charge on any atom is -0.462 e. The Balaban J connectivity index is 1.74.